The van der Waals surface area contributed by atoms with Crippen LogP contribution in [0.4, 0.5) is 0 Å². The number of hydrogen-bond donors (Lipinski definition) is 2. The number of amides is 1. The third-order valence-electron chi connectivity index (χ3n) is 6.00. The van der Waals surface area contributed by atoms with Crippen LogP contribution < -0.4 is 10.6 Å². The van der Waals surface area contributed by atoms with Gasteiger partial charge in [0.25, 0.3) is 0 Å². The van der Waals surface area contributed by atoms with Gasteiger partial charge in [0.05, 0.1) is 16.6 Å². The predicted octanol–water partition coefficient (Wildman–Crippen LogP) is 2.54. The summed E-state index contributed by atoms with van der Waals surface area (Å²) < 4.78 is 2.21. The van der Waals surface area contributed by atoms with Gasteiger partial charge in [-0.1, -0.05) is 30.3 Å². The van der Waals surface area contributed by atoms with Gasteiger partial charge in [0.15, 0.2) is 5.65 Å². The number of hydrogen-bond acceptors (Lipinski definition) is 5. The molecule has 0 saturated carbocycles. The van der Waals surface area contributed by atoms with Crippen LogP contribution in [-0.4, -0.2) is 64.6 Å². The minimum atomic E-state index is 0.118. The van der Waals surface area contributed by atoms with Crippen molar-refractivity contribution in [1.82, 2.24) is 30.1 Å². The van der Waals surface area contributed by atoms with Gasteiger partial charge in [-0.3, -0.25) is 9.69 Å². The number of piperazine rings is 1. The highest BCUT2D eigenvalue weighted by molar-refractivity contribution is 6.06. The lowest BCUT2D eigenvalue weighted by Crippen LogP contribution is -2.46. The van der Waals surface area contributed by atoms with Crippen molar-refractivity contribution in [3.63, 3.8) is 0 Å². The van der Waals surface area contributed by atoms with Crippen molar-refractivity contribution in [2.75, 3.05) is 39.3 Å². The number of para-hydroxylation sites is 3. The summed E-state index contributed by atoms with van der Waals surface area (Å²) in [6, 6.07) is 16.3. The van der Waals surface area contributed by atoms with E-state index in [1.54, 1.807) is 0 Å². The molecule has 2 aromatic carbocycles. The molecule has 2 aromatic heterocycles. The minimum Gasteiger partial charge on any atom is -0.355 e. The van der Waals surface area contributed by atoms with E-state index in [0.717, 1.165) is 78.8 Å². The summed E-state index contributed by atoms with van der Waals surface area (Å²) in [4.78, 5) is 24.5. The van der Waals surface area contributed by atoms with E-state index in [0.29, 0.717) is 13.0 Å². The summed E-state index contributed by atoms with van der Waals surface area (Å²) >= 11 is 0. The number of fused-ring (bicyclic) bond motifs is 4. The zero-order chi connectivity index (χ0) is 21.0. The molecule has 31 heavy (non-hydrogen) atoms. The first-order valence-electron chi connectivity index (χ1n) is 11.1. The normalized spacial score (nSPS) is 15.1. The van der Waals surface area contributed by atoms with Crippen LogP contribution in [-0.2, 0) is 11.3 Å². The Balaban J connectivity index is 1.27. The van der Waals surface area contributed by atoms with E-state index in [4.69, 9.17) is 9.97 Å². The third-order valence-corrected chi connectivity index (χ3v) is 6.00. The van der Waals surface area contributed by atoms with E-state index in [9.17, 15) is 4.79 Å². The smallest absolute Gasteiger partial charge is 0.220 e. The summed E-state index contributed by atoms with van der Waals surface area (Å²) in [6.07, 6.45) is 1.28. The Bertz CT molecular complexity index is 1210. The van der Waals surface area contributed by atoms with Crippen molar-refractivity contribution < 1.29 is 4.79 Å². The van der Waals surface area contributed by atoms with Gasteiger partial charge in [-0.05, 0) is 24.6 Å². The third kappa shape index (κ3) is 4.24. The van der Waals surface area contributed by atoms with Gasteiger partial charge in [-0.2, -0.15) is 0 Å². The molecule has 1 aliphatic heterocycles. The molecule has 1 amide bonds. The minimum absolute atomic E-state index is 0.118. The maximum absolute atomic E-state index is 12.3. The Hall–Kier alpha value is -3.03. The van der Waals surface area contributed by atoms with E-state index in [1.807, 2.05) is 36.4 Å². The Kier molecular flexibility index (Phi) is 5.78. The van der Waals surface area contributed by atoms with Crippen molar-refractivity contribution in [3.8, 4) is 0 Å². The van der Waals surface area contributed by atoms with Crippen molar-refractivity contribution in [3.05, 3.63) is 48.5 Å². The molecule has 0 spiro atoms. The highest BCUT2D eigenvalue weighted by Crippen LogP contribution is 2.28. The molecule has 2 N–H and O–H groups in total. The zero-order valence-corrected chi connectivity index (χ0v) is 17.7. The van der Waals surface area contributed by atoms with E-state index in [-0.39, 0.29) is 5.91 Å². The molecule has 160 valence electrons. The molecule has 0 bridgehead atoms. The maximum atomic E-state index is 12.3. The number of aryl methyl sites for hydroxylation is 1. The fraction of sp³-hybridized carbons (Fsp3) is 0.375. The second-order valence-corrected chi connectivity index (χ2v) is 8.10. The number of carbonyl (C=O) groups is 1. The van der Waals surface area contributed by atoms with Crippen molar-refractivity contribution in [2.24, 2.45) is 0 Å². The van der Waals surface area contributed by atoms with Gasteiger partial charge >= 0.3 is 0 Å². The molecule has 4 aromatic rings. The summed E-state index contributed by atoms with van der Waals surface area (Å²) in [7, 11) is 0. The topological polar surface area (TPSA) is 75.1 Å². The SMILES string of the molecule is O=C(CCCn1c2ccccc2c2nc3ccccc3nc21)NCCN1CCNCC1. The molecule has 1 fully saturated rings. The standard InChI is InChI=1S/C24H28N6O/c31-22(26-13-17-29-15-11-25-12-16-29)10-5-14-30-21-9-4-1-6-18(21)23-24(30)28-20-8-3-2-7-19(20)27-23/h1-4,6-9,25H,5,10-17H2,(H,26,31). The number of benzene rings is 2. The quantitative estimate of drug-likeness (QED) is 0.484. The first kappa shape index (κ1) is 19.9. The van der Waals surface area contributed by atoms with Gasteiger partial charge in [0.2, 0.25) is 5.91 Å². The van der Waals surface area contributed by atoms with Crippen LogP contribution >= 0.6 is 0 Å². The lowest BCUT2D eigenvalue weighted by atomic mass is 10.2. The van der Waals surface area contributed by atoms with Crippen LogP contribution in [0.3, 0.4) is 0 Å². The number of rotatable bonds is 7. The zero-order valence-electron chi connectivity index (χ0n) is 17.7. The molecule has 5 rings (SSSR count). The fourth-order valence-corrected chi connectivity index (χ4v) is 4.38. The predicted molar refractivity (Wildman–Crippen MR) is 124 cm³/mol. The van der Waals surface area contributed by atoms with Crippen LogP contribution in [0, 0.1) is 0 Å². The van der Waals surface area contributed by atoms with Gasteiger partial charge in [-0.15, -0.1) is 0 Å². The fourth-order valence-electron chi connectivity index (χ4n) is 4.38. The average Bonchev–Trinajstić information content (AvgIpc) is 3.11. The Morgan fingerprint density at radius 3 is 2.55 bits per heavy atom. The van der Waals surface area contributed by atoms with Gasteiger partial charge in [0.1, 0.15) is 5.52 Å². The first-order valence-corrected chi connectivity index (χ1v) is 11.1. The number of aromatic nitrogens is 3. The van der Waals surface area contributed by atoms with Crippen LogP contribution in [0.5, 0.6) is 0 Å². The van der Waals surface area contributed by atoms with Gasteiger partial charge < -0.3 is 15.2 Å². The number of nitrogens with one attached hydrogen (secondary N) is 2. The van der Waals surface area contributed by atoms with Crippen molar-refractivity contribution in [1.29, 1.82) is 0 Å². The molecule has 1 saturated heterocycles. The largest absolute Gasteiger partial charge is 0.355 e. The Labute approximate surface area is 181 Å². The van der Waals surface area contributed by atoms with Crippen molar-refractivity contribution in [2.45, 2.75) is 19.4 Å². The van der Waals surface area contributed by atoms with Crippen LogP contribution in [0.2, 0.25) is 0 Å². The summed E-state index contributed by atoms with van der Waals surface area (Å²) in [5, 5.41) is 7.53. The highest BCUT2D eigenvalue weighted by atomic mass is 16.1. The van der Waals surface area contributed by atoms with Crippen LogP contribution in [0.25, 0.3) is 33.1 Å². The van der Waals surface area contributed by atoms with E-state index >= 15 is 0 Å². The molecule has 0 atom stereocenters. The summed E-state index contributed by atoms with van der Waals surface area (Å²) in [6.45, 7) is 6.55. The van der Waals surface area contributed by atoms with Crippen LogP contribution in [0.15, 0.2) is 48.5 Å². The molecule has 0 aliphatic carbocycles. The lowest BCUT2D eigenvalue weighted by Gasteiger charge is -2.27. The van der Waals surface area contributed by atoms with E-state index < -0.39 is 0 Å². The molecule has 7 nitrogen and oxygen atoms in total. The summed E-state index contributed by atoms with van der Waals surface area (Å²) in [5.41, 5.74) is 4.73. The maximum Gasteiger partial charge on any atom is 0.220 e. The molecule has 1 aliphatic rings. The number of carbonyl (C=O) groups excluding carboxylic acids is 1. The number of nitrogens with zero attached hydrogens (tertiary/aromatic N) is 4. The lowest BCUT2D eigenvalue weighted by molar-refractivity contribution is -0.121. The van der Waals surface area contributed by atoms with Crippen molar-refractivity contribution >= 4 is 39.0 Å². The molecule has 0 unspecified atom stereocenters. The first-order chi connectivity index (χ1) is 15.3. The van der Waals surface area contributed by atoms with Crippen LogP contribution in [0.1, 0.15) is 12.8 Å². The second-order valence-electron chi connectivity index (χ2n) is 8.10. The highest BCUT2D eigenvalue weighted by Gasteiger charge is 2.14. The second kappa shape index (κ2) is 8.99. The molecule has 0 radical (unpaired) electrons. The average molecular weight is 417 g/mol. The molecule has 3 heterocycles. The summed E-state index contributed by atoms with van der Waals surface area (Å²) in [5.74, 6) is 0.118. The van der Waals surface area contributed by atoms with Gasteiger partial charge in [-0.25, -0.2) is 9.97 Å². The van der Waals surface area contributed by atoms with Gasteiger partial charge in [0, 0.05) is 57.6 Å². The Morgan fingerprint density at radius 1 is 0.968 bits per heavy atom. The molecular weight excluding hydrogens is 388 g/mol. The molecular formula is C24H28N6O. The Morgan fingerprint density at radius 2 is 1.71 bits per heavy atom. The van der Waals surface area contributed by atoms with E-state index in [2.05, 4.69) is 32.2 Å². The molecule has 7 heteroatoms. The monoisotopic (exact) mass is 416 g/mol. The van der Waals surface area contributed by atoms with E-state index in [1.165, 1.54) is 0 Å².